The van der Waals surface area contributed by atoms with Gasteiger partial charge in [0.2, 0.25) is 0 Å². The van der Waals surface area contributed by atoms with Crippen LogP contribution in [0.2, 0.25) is 0 Å². The lowest BCUT2D eigenvalue weighted by atomic mass is 10.0. The Labute approximate surface area is 93.0 Å². The van der Waals surface area contributed by atoms with Crippen LogP contribution in [0.25, 0.3) is 0 Å². The van der Waals surface area contributed by atoms with Gasteiger partial charge in [0.25, 0.3) is 10.2 Å². The van der Waals surface area contributed by atoms with E-state index in [-0.39, 0.29) is 0 Å². The van der Waals surface area contributed by atoms with Gasteiger partial charge in [0.1, 0.15) is 0 Å². The Kier molecular flexibility index (Phi) is 4.72. The first kappa shape index (κ1) is 14.8. The molecule has 15 heavy (non-hydrogen) atoms. The maximum absolute atomic E-state index is 11.7. The average molecular weight is 237 g/mol. The summed E-state index contributed by atoms with van der Waals surface area (Å²) in [5.74, 6) is 0. The van der Waals surface area contributed by atoms with Gasteiger partial charge in [-0.25, -0.2) is 0 Å². The smallest absolute Gasteiger partial charge is 0.277 e. The number of hydrogen-bond acceptors (Lipinski definition) is 3. The molecule has 0 atom stereocenters. The first-order valence-corrected chi connectivity index (χ1v) is 6.49. The van der Waals surface area contributed by atoms with Gasteiger partial charge in [-0.05, 0) is 47.6 Å². The molecule has 0 heterocycles. The van der Waals surface area contributed by atoms with Crippen molar-refractivity contribution in [3.05, 3.63) is 0 Å². The van der Waals surface area contributed by atoms with E-state index in [0.717, 1.165) is 0 Å². The maximum atomic E-state index is 11.7. The average Bonchev–Trinajstić information content (AvgIpc) is 1.74. The van der Waals surface area contributed by atoms with Gasteiger partial charge in [-0.3, -0.25) is 0 Å². The number of nitrogens with two attached hydrogens (primary N) is 1. The van der Waals surface area contributed by atoms with E-state index >= 15 is 0 Å². The van der Waals surface area contributed by atoms with Crippen LogP contribution >= 0.6 is 0 Å². The Morgan fingerprint density at radius 2 is 1.53 bits per heavy atom. The monoisotopic (exact) mass is 237 g/mol. The molecule has 0 amide bonds. The predicted molar refractivity (Wildman–Crippen MR) is 62.7 cm³/mol. The summed E-state index contributed by atoms with van der Waals surface area (Å²) in [6.45, 7) is 9.45. The van der Waals surface area contributed by atoms with Crippen LogP contribution in [0.3, 0.4) is 0 Å². The molecule has 0 aromatic rings. The fraction of sp³-hybridized carbons (Fsp3) is 1.00. The molecule has 0 aliphatic carbocycles. The van der Waals surface area contributed by atoms with E-state index in [0.29, 0.717) is 13.0 Å². The predicted octanol–water partition coefficient (Wildman–Crippen LogP) is 0.336. The molecule has 6 heteroatoms. The second-order valence-corrected chi connectivity index (χ2v) is 6.80. The minimum Gasteiger partial charge on any atom is -0.330 e. The molecule has 0 aliphatic heterocycles. The lowest BCUT2D eigenvalue weighted by Gasteiger charge is -2.28. The standard InChI is InChI=1S/C9H23N3O2S/c1-8(2,3)11-15(13,14)12-9(4,5)6-7-10/h11-12H,6-7,10H2,1-5H3. The summed E-state index contributed by atoms with van der Waals surface area (Å²) >= 11 is 0. The maximum Gasteiger partial charge on any atom is 0.277 e. The van der Waals surface area contributed by atoms with Crippen molar-refractivity contribution in [1.29, 1.82) is 0 Å². The summed E-state index contributed by atoms with van der Waals surface area (Å²) in [7, 11) is -3.47. The van der Waals surface area contributed by atoms with Crippen molar-refractivity contribution in [2.24, 2.45) is 5.73 Å². The van der Waals surface area contributed by atoms with Crippen molar-refractivity contribution in [3.8, 4) is 0 Å². The Bertz CT molecular complexity index is 291. The zero-order valence-electron chi connectivity index (χ0n) is 10.2. The first-order valence-electron chi connectivity index (χ1n) is 5.00. The molecule has 4 N–H and O–H groups in total. The Balaban J connectivity index is 4.52. The molecular weight excluding hydrogens is 214 g/mol. The lowest BCUT2D eigenvalue weighted by Crippen LogP contribution is -2.53. The molecule has 0 radical (unpaired) electrons. The molecule has 92 valence electrons. The fourth-order valence-electron chi connectivity index (χ4n) is 1.20. The Hall–Kier alpha value is -0.170. The highest BCUT2D eigenvalue weighted by molar-refractivity contribution is 7.87. The van der Waals surface area contributed by atoms with Crippen molar-refractivity contribution in [3.63, 3.8) is 0 Å². The molecule has 0 bridgehead atoms. The second-order valence-electron chi connectivity index (χ2n) is 5.38. The number of nitrogens with one attached hydrogen (secondary N) is 2. The van der Waals surface area contributed by atoms with Crippen LogP contribution in [-0.2, 0) is 10.2 Å². The van der Waals surface area contributed by atoms with Crippen LogP contribution in [0.15, 0.2) is 0 Å². The van der Waals surface area contributed by atoms with E-state index in [1.165, 1.54) is 0 Å². The highest BCUT2D eigenvalue weighted by Crippen LogP contribution is 2.09. The normalized spacial score (nSPS) is 14.3. The van der Waals surface area contributed by atoms with E-state index in [4.69, 9.17) is 5.73 Å². The van der Waals surface area contributed by atoms with E-state index in [9.17, 15) is 8.42 Å². The van der Waals surface area contributed by atoms with Crippen LogP contribution in [0.4, 0.5) is 0 Å². The van der Waals surface area contributed by atoms with E-state index in [1.54, 1.807) is 20.8 Å². The molecule has 0 unspecified atom stereocenters. The third-order valence-electron chi connectivity index (χ3n) is 1.62. The third kappa shape index (κ3) is 7.72. The fourth-order valence-corrected chi connectivity index (χ4v) is 2.89. The van der Waals surface area contributed by atoms with Crippen molar-refractivity contribution < 1.29 is 8.42 Å². The van der Waals surface area contributed by atoms with Crippen molar-refractivity contribution in [2.45, 2.75) is 52.1 Å². The summed E-state index contributed by atoms with van der Waals surface area (Å²) in [5, 5.41) is 0. The Morgan fingerprint density at radius 3 is 1.87 bits per heavy atom. The van der Waals surface area contributed by atoms with Crippen LogP contribution < -0.4 is 15.2 Å². The highest BCUT2D eigenvalue weighted by atomic mass is 32.2. The molecular formula is C9H23N3O2S. The molecule has 0 aromatic carbocycles. The molecule has 0 aliphatic rings. The van der Waals surface area contributed by atoms with Gasteiger partial charge >= 0.3 is 0 Å². The summed E-state index contributed by atoms with van der Waals surface area (Å²) in [6.07, 6.45) is 0.595. The molecule has 0 spiro atoms. The summed E-state index contributed by atoms with van der Waals surface area (Å²) in [6, 6.07) is 0. The number of hydrogen-bond donors (Lipinski definition) is 3. The van der Waals surface area contributed by atoms with Crippen LogP contribution in [0.5, 0.6) is 0 Å². The zero-order chi connectivity index (χ0) is 12.3. The number of rotatable bonds is 5. The van der Waals surface area contributed by atoms with Gasteiger partial charge in [-0.15, -0.1) is 0 Å². The lowest BCUT2D eigenvalue weighted by molar-refractivity contribution is 0.411. The van der Waals surface area contributed by atoms with Gasteiger partial charge < -0.3 is 5.73 Å². The summed E-state index contributed by atoms with van der Waals surface area (Å²) in [5.41, 5.74) is 4.40. The quantitative estimate of drug-likeness (QED) is 0.644. The SMILES string of the molecule is CC(C)(C)NS(=O)(=O)NC(C)(C)CCN. The Morgan fingerprint density at radius 1 is 1.07 bits per heavy atom. The highest BCUT2D eigenvalue weighted by Gasteiger charge is 2.27. The minimum atomic E-state index is -3.47. The zero-order valence-corrected chi connectivity index (χ0v) is 11.0. The van der Waals surface area contributed by atoms with Gasteiger partial charge in [0, 0.05) is 11.1 Å². The van der Waals surface area contributed by atoms with Gasteiger partial charge in [0.05, 0.1) is 0 Å². The van der Waals surface area contributed by atoms with Crippen LogP contribution in [0, 0.1) is 0 Å². The van der Waals surface area contributed by atoms with Gasteiger partial charge in [0.15, 0.2) is 0 Å². The summed E-state index contributed by atoms with van der Waals surface area (Å²) in [4.78, 5) is 0. The molecule has 0 saturated heterocycles. The molecule has 0 aromatic heterocycles. The minimum absolute atomic E-state index is 0.449. The van der Waals surface area contributed by atoms with Crippen molar-refractivity contribution in [2.75, 3.05) is 6.54 Å². The first-order chi connectivity index (χ1) is 6.47. The van der Waals surface area contributed by atoms with Crippen molar-refractivity contribution in [1.82, 2.24) is 9.44 Å². The molecule has 5 nitrogen and oxygen atoms in total. The molecule has 0 saturated carbocycles. The second kappa shape index (κ2) is 4.78. The van der Waals surface area contributed by atoms with E-state index < -0.39 is 21.3 Å². The molecule has 0 fully saturated rings. The van der Waals surface area contributed by atoms with Crippen LogP contribution in [0.1, 0.15) is 41.0 Å². The summed E-state index contributed by atoms with van der Waals surface area (Å²) < 4.78 is 28.4. The molecule has 0 rings (SSSR count). The van der Waals surface area contributed by atoms with E-state index in [1.807, 2.05) is 13.8 Å². The topological polar surface area (TPSA) is 84.2 Å². The largest absolute Gasteiger partial charge is 0.330 e. The third-order valence-corrected chi connectivity index (χ3v) is 3.32. The van der Waals surface area contributed by atoms with E-state index in [2.05, 4.69) is 9.44 Å². The van der Waals surface area contributed by atoms with Crippen molar-refractivity contribution >= 4 is 10.2 Å². The van der Waals surface area contributed by atoms with Crippen LogP contribution in [-0.4, -0.2) is 26.0 Å². The van der Waals surface area contributed by atoms with Gasteiger partial charge in [-0.2, -0.15) is 17.9 Å². The van der Waals surface area contributed by atoms with Gasteiger partial charge in [-0.1, -0.05) is 0 Å².